The first-order valence-corrected chi connectivity index (χ1v) is 8.09. The second-order valence-corrected chi connectivity index (χ2v) is 6.12. The third-order valence-electron chi connectivity index (χ3n) is 3.50. The second-order valence-electron chi connectivity index (χ2n) is 5.06. The molecule has 1 aliphatic heterocycles. The summed E-state index contributed by atoms with van der Waals surface area (Å²) >= 11 is 1.29. The molecule has 1 aliphatic rings. The molecule has 1 amide bonds. The molecule has 1 aromatic carbocycles. The van der Waals surface area contributed by atoms with Gasteiger partial charge in [0.1, 0.15) is 6.61 Å². The van der Waals surface area contributed by atoms with Gasteiger partial charge in [0, 0.05) is 18.3 Å². The van der Waals surface area contributed by atoms with Gasteiger partial charge in [0.25, 0.3) is 0 Å². The van der Waals surface area contributed by atoms with Crippen LogP contribution in [0.15, 0.2) is 30.3 Å². The van der Waals surface area contributed by atoms with E-state index in [-0.39, 0.29) is 17.3 Å². The molecule has 0 radical (unpaired) electrons. The molecule has 1 saturated heterocycles. The number of thioether (sulfide) groups is 1. The van der Waals surface area contributed by atoms with Gasteiger partial charge in [0.05, 0.1) is 0 Å². The summed E-state index contributed by atoms with van der Waals surface area (Å²) in [5.74, 6) is 0.662. The summed E-state index contributed by atoms with van der Waals surface area (Å²) in [5, 5.41) is 7.38. The van der Waals surface area contributed by atoms with Gasteiger partial charge in [-0.2, -0.15) is 0 Å². The maximum atomic E-state index is 12.2. The molecule has 6 heteroatoms. The van der Waals surface area contributed by atoms with Crippen LogP contribution in [0, 0.1) is 5.41 Å². The Morgan fingerprint density at radius 3 is 2.86 bits per heavy atom. The van der Waals surface area contributed by atoms with Crippen molar-refractivity contribution < 1.29 is 9.53 Å². The Kier molecular flexibility index (Phi) is 5.92. The van der Waals surface area contributed by atoms with Crippen LogP contribution in [0.2, 0.25) is 0 Å². The van der Waals surface area contributed by atoms with Crippen molar-refractivity contribution in [3.8, 4) is 0 Å². The predicted molar refractivity (Wildman–Crippen MR) is 85.3 cm³/mol. The normalized spacial score (nSPS) is 18.3. The van der Waals surface area contributed by atoms with Crippen LogP contribution in [0.4, 0.5) is 4.79 Å². The van der Waals surface area contributed by atoms with Crippen molar-refractivity contribution in [1.82, 2.24) is 4.90 Å². The number of benzene rings is 1. The number of amidine groups is 1. The molecule has 1 unspecified atom stereocenters. The van der Waals surface area contributed by atoms with E-state index in [0.717, 1.165) is 31.4 Å². The summed E-state index contributed by atoms with van der Waals surface area (Å²) in [6.45, 7) is 1.01. The van der Waals surface area contributed by atoms with Crippen LogP contribution in [0.3, 0.4) is 0 Å². The predicted octanol–water partition coefficient (Wildman–Crippen LogP) is 2.80. The molecule has 114 valence electrons. The fraction of sp³-hybridized carbons (Fsp3) is 0.467. The molecule has 1 heterocycles. The lowest BCUT2D eigenvalue weighted by Gasteiger charge is -2.34. The monoisotopic (exact) mass is 307 g/mol. The van der Waals surface area contributed by atoms with Gasteiger partial charge in [-0.05, 0) is 24.8 Å². The maximum Gasteiger partial charge on any atom is 0.410 e. The number of nitrogens with zero attached hydrogens (tertiary/aromatic N) is 1. The highest BCUT2D eigenvalue weighted by Crippen LogP contribution is 2.21. The Morgan fingerprint density at radius 2 is 2.14 bits per heavy atom. The zero-order valence-corrected chi connectivity index (χ0v) is 12.8. The summed E-state index contributed by atoms with van der Waals surface area (Å²) in [7, 11) is 0. The number of nitrogens with two attached hydrogens (primary N) is 1. The van der Waals surface area contributed by atoms with Gasteiger partial charge in [-0.15, -0.1) is 0 Å². The van der Waals surface area contributed by atoms with Crippen molar-refractivity contribution in [2.45, 2.75) is 31.9 Å². The third-order valence-corrected chi connectivity index (χ3v) is 4.36. The van der Waals surface area contributed by atoms with E-state index in [9.17, 15) is 4.79 Å². The largest absolute Gasteiger partial charge is 0.445 e. The summed E-state index contributed by atoms with van der Waals surface area (Å²) in [6.07, 6.45) is 2.78. The van der Waals surface area contributed by atoms with Crippen molar-refractivity contribution in [1.29, 1.82) is 5.41 Å². The Labute approximate surface area is 129 Å². The van der Waals surface area contributed by atoms with Crippen LogP contribution < -0.4 is 5.73 Å². The second kappa shape index (κ2) is 7.93. The average Bonchev–Trinajstić information content (AvgIpc) is 2.52. The minimum Gasteiger partial charge on any atom is -0.445 e. The number of nitrogens with one attached hydrogen (secondary N) is 1. The van der Waals surface area contributed by atoms with E-state index >= 15 is 0 Å². The highest BCUT2D eigenvalue weighted by molar-refractivity contribution is 8.13. The van der Waals surface area contributed by atoms with Crippen LogP contribution >= 0.6 is 11.8 Å². The van der Waals surface area contributed by atoms with Gasteiger partial charge < -0.3 is 15.4 Å². The number of amides is 1. The lowest BCUT2D eigenvalue weighted by atomic mass is 10.0. The van der Waals surface area contributed by atoms with Crippen LogP contribution in [-0.2, 0) is 11.3 Å². The zero-order valence-electron chi connectivity index (χ0n) is 12.0. The Balaban J connectivity index is 1.87. The smallest absolute Gasteiger partial charge is 0.410 e. The summed E-state index contributed by atoms with van der Waals surface area (Å²) in [5.41, 5.74) is 6.36. The zero-order chi connectivity index (χ0) is 15.1. The molecule has 0 saturated carbocycles. The minimum absolute atomic E-state index is 0.0955. The van der Waals surface area contributed by atoms with E-state index < -0.39 is 0 Å². The number of piperidine rings is 1. The number of likely N-dealkylation sites (tertiary alicyclic amines) is 1. The molecular weight excluding hydrogens is 286 g/mol. The van der Waals surface area contributed by atoms with E-state index in [4.69, 9.17) is 15.9 Å². The number of carbonyl (C=O) groups excluding carboxylic acids is 1. The fourth-order valence-corrected chi connectivity index (χ4v) is 3.12. The summed E-state index contributed by atoms with van der Waals surface area (Å²) < 4.78 is 5.40. The number of hydrogen-bond acceptors (Lipinski definition) is 4. The van der Waals surface area contributed by atoms with Gasteiger partial charge in [0.2, 0.25) is 0 Å². The van der Waals surface area contributed by atoms with Crippen LogP contribution in [0.25, 0.3) is 0 Å². The molecule has 21 heavy (non-hydrogen) atoms. The van der Waals surface area contributed by atoms with Crippen molar-refractivity contribution in [2.24, 2.45) is 5.73 Å². The first kappa shape index (κ1) is 15.7. The molecule has 1 fully saturated rings. The Hall–Kier alpha value is -1.69. The van der Waals surface area contributed by atoms with Gasteiger partial charge in [-0.3, -0.25) is 5.41 Å². The number of hydrogen-bond donors (Lipinski definition) is 2. The number of rotatable bonds is 4. The highest BCUT2D eigenvalue weighted by Gasteiger charge is 2.27. The first-order chi connectivity index (χ1) is 10.2. The van der Waals surface area contributed by atoms with Crippen molar-refractivity contribution in [2.75, 3.05) is 12.3 Å². The summed E-state index contributed by atoms with van der Waals surface area (Å²) in [6, 6.07) is 9.77. The molecule has 1 aromatic rings. The lowest BCUT2D eigenvalue weighted by Crippen LogP contribution is -2.45. The molecule has 0 bridgehead atoms. The van der Waals surface area contributed by atoms with Gasteiger partial charge >= 0.3 is 6.09 Å². The standard InChI is InChI=1S/C15H21N3O2S/c16-14(17)21-11-13-8-4-5-9-18(13)15(19)20-10-12-6-2-1-3-7-12/h1-3,6-7,13H,4-5,8-11H2,(H3,16,17). The van der Waals surface area contributed by atoms with E-state index in [2.05, 4.69) is 0 Å². The summed E-state index contributed by atoms with van der Waals surface area (Å²) in [4.78, 5) is 14.0. The Bertz CT molecular complexity index is 481. The maximum absolute atomic E-state index is 12.2. The third kappa shape index (κ3) is 4.97. The molecule has 0 aromatic heterocycles. The van der Waals surface area contributed by atoms with Gasteiger partial charge in [-0.25, -0.2) is 4.79 Å². The van der Waals surface area contributed by atoms with E-state index in [1.54, 1.807) is 4.90 Å². The molecule has 0 spiro atoms. The van der Waals surface area contributed by atoms with Crippen molar-refractivity contribution in [3.63, 3.8) is 0 Å². The lowest BCUT2D eigenvalue weighted by molar-refractivity contribution is 0.0731. The molecule has 3 N–H and O–H groups in total. The van der Waals surface area contributed by atoms with Crippen LogP contribution in [0.5, 0.6) is 0 Å². The Morgan fingerprint density at radius 1 is 1.38 bits per heavy atom. The first-order valence-electron chi connectivity index (χ1n) is 7.11. The number of ether oxygens (including phenoxy) is 1. The molecule has 5 nitrogen and oxygen atoms in total. The average molecular weight is 307 g/mol. The van der Waals surface area contributed by atoms with Gasteiger partial charge in [-0.1, -0.05) is 42.1 Å². The molecular formula is C15H21N3O2S. The van der Waals surface area contributed by atoms with Gasteiger partial charge in [0.15, 0.2) is 5.17 Å². The van der Waals surface area contributed by atoms with E-state index in [1.165, 1.54) is 11.8 Å². The van der Waals surface area contributed by atoms with Crippen LogP contribution in [0.1, 0.15) is 24.8 Å². The van der Waals surface area contributed by atoms with E-state index in [0.29, 0.717) is 12.4 Å². The van der Waals surface area contributed by atoms with Crippen LogP contribution in [-0.4, -0.2) is 34.5 Å². The molecule has 1 atom stereocenters. The molecule has 2 rings (SSSR count). The number of carbonyl (C=O) groups is 1. The highest BCUT2D eigenvalue weighted by atomic mass is 32.2. The van der Waals surface area contributed by atoms with Crippen molar-refractivity contribution in [3.05, 3.63) is 35.9 Å². The quantitative estimate of drug-likeness (QED) is 0.662. The van der Waals surface area contributed by atoms with Crippen molar-refractivity contribution >= 4 is 23.0 Å². The SMILES string of the molecule is N=C(N)SCC1CCCCN1C(=O)OCc1ccccc1. The topological polar surface area (TPSA) is 79.4 Å². The fourth-order valence-electron chi connectivity index (χ4n) is 2.40. The van der Waals surface area contributed by atoms with E-state index in [1.807, 2.05) is 30.3 Å². The molecule has 0 aliphatic carbocycles. The minimum atomic E-state index is -0.271.